The number of aryl methyl sites for hydroxylation is 1. The van der Waals surface area contributed by atoms with Crippen LogP contribution in [0.4, 0.5) is 33.0 Å². The zero-order chi connectivity index (χ0) is 36.0. The van der Waals surface area contributed by atoms with Gasteiger partial charge in [0.2, 0.25) is 0 Å². The summed E-state index contributed by atoms with van der Waals surface area (Å²) in [6.07, 6.45) is 4.11. The molecular weight excluding hydrogens is 702 g/mol. The zero-order valence-electron chi connectivity index (χ0n) is 28.3. The van der Waals surface area contributed by atoms with Gasteiger partial charge in [0.05, 0.1) is 38.9 Å². The van der Waals surface area contributed by atoms with E-state index >= 15 is 0 Å². The molecule has 0 bridgehead atoms. The highest BCUT2D eigenvalue weighted by Gasteiger charge is 2.45. The van der Waals surface area contributed by atoms with Crippen LogP contribution < -0.4 is 19.4 Å². The van der Waals surface area contributed by atoms with E-state index in [1.165, 1.54) is 21.7 Å². The number of ether oxygens (including phenoxy) is 1. The van der Waals surface area contributed by atoms with Crippen molar-refractivity contribution < 1.29 is 27.5 Å². The minimum atomic E-state index is -2.66. The Morgan fingerprint density at radius 2 is 1.79 bits per heavy atom. The second-order valence-corrected chi connectivity index (χ2v) is 15.3. The van der Waals surface area contributed by atoms with Crippen molar-refractivity contribution in [3.05, 3.63) is 119 Å². The average molecular weight is 737 g/mol. The van der Waals surface area contributed by atoms with Crippen molar-refractivity contribution in [2.24, 2.45) is 5.41 Å². The molecule has 2 aromatic heterocycles. The van der Waals surface area contributed by atoms with Gasteiger partial charge in [0, 0.05) is 60.5 Å². The first kappa shape index (κ1) is 34.2. The predicted octanol–water partition coefficient (Wildman–Crippen LogP) is 7.26. The number of hydrogen-bond acceptors (Lipinski definition) is 8. The van der Waals surface area contributed by atoms with Gasteiger partial charge in [-0.3, -0.25) is 18.1 Å². The molecule has 3 aliphatic rings. The van der Waals surface area contributed by atoms with E-state index in [0.717, 1.165) is 55.1 Å². The van der Waals surface area contributed by atoms with Crippen LogP contribution in [0.25, 0.3) is 10.4 Å². The largest absolute Gasteiger partial charge is 0.755 e. The van der Waals surface area contributed by atoms with Crippen molar-refractivity contribution in [3.8, 4) is 10.4 Å². The molecule has 266 valence electrons. The van der Waals surface area contributed by atoms with Gasteiger partial charge in [0.25, 0.3) is 11.8 Å². The number of hydrogen-bond donors (Lipinski definition) is 1. The van der Waals surface area contributed by atoms with Crippen molar-refractivity contribution in [2.75, 3.05) is 52.3 Å². The number of fused-ring (bicyclic) bond motifs is 3. The molecule has 5 aromatic rings. The lowest BCUT2D eigenvalue weighted by molar-refractivity contribution is -0.000411. The maximum atomic E-state index is 14.5. The van der Waals surface area contributed by atoms with Gasteiger partial charge in [0.15, 0.2) is 5.82 Å². The third-order valence-corrected chi connectivity index (χ3v) is 12.1. The van der Waals surface area contributed by atoms with Crippen LogP contribution in [0, 0.1) is 18.2 Å². The van der Waals surface area contributed by atoms with Crippen molar-refractivity contribution in [1.82, 2.24) is 4.98 Å². The van der Waals surface area contributed by atoms with Crippen molar-refractivity contribution >= 4 is 63.0 Å². The molecule has 1 atom stereocenters. The minimum Gasteiger partial charge on any atom is -0.755 e. The summed E-state index contributed by atoms with van der Waals surface area (Å²) in [7, 11) is 0. The number of rotatable bonds is 7. The molecule has 1 N–H and O–H groups in total. The quantitative estimate of drug-likeness (QED) is 0.175. The van der Waals surface area contributed by atoms with Crippen molar-refractivity contribution in [1.29, 1.82) is 0 Å². The molecule has 5 heterocycles. The maximum Gasteiger partial charge on any atom is 0.265 e. The normalized spacial score (nSPS) is 16.7. The number of carbonyl (C=O) groups excluding carboxylic acids is 2. The number of aromatic nitrogens is 1. The molecule has 13 heteroatoms. The molecule has 1 unspecified atom stereocenters. The number of halogens is 1. The second-order valence-electron chi connectivity index (χ2n) is 13.4. The number of nitrogens with zero attached hydrogens (tertiary/aromatic N) is 4. The van der Waals surface area contributed by atoms with Gasteiger partial charge in [0.1, 0.15) is 5.82 Å². The number of anilines is 5. The fourth-order valence-electron chi connectivity index (χ4n) is 7.41. The standard InChI is InChI=1S/C39H36FN5O5S2/c1-25-6-4-8-30(40)34(25)42-37(46)33-22-27-15-19-44(31-9-3-2-7-29(31)35(27)51-33)38(47)26-11-13-28(14-12-26)45(52(48)49)32-10-5-18-41-36(32)43-23-39(24-43)16-20-50-21-17-39/h2-14,18,22H,15-17,19-21,23-24H2,1H3,(H,42,46)(H,48,49)/p-1. The van der Waals surface area contributed by atoms with E-state index in [4.69, 9.17) is 4.74 Å². The molecule has 0 saturated carbocycles. The Hall–Kier alpha value is -4.95. The number of benzene rings is 3. The van der Waals surface area contributed by atoms with Crippen LogP contribution >= 0.6 is 11.3 Å². The molecule has 10 nitrogen and oxygen atoms in total. The fraction of sp³-hybridized carbons (Fsp3) is 0.256. The van der Waals surface area contributed by atoms with Gasteiger partial charge in [-0.05, 0) is 91.9 Å². The van der Waals surface area contributed by atoms with Gasteiger partial charge >= 0.3 is 0 Å². The molecule has 2 fully saturated rings. The summed E-state index contributed by atoms with van der Waals surface area (Å²) < 4.78 is 46.7. The third-order valence-electron chi connectivity index (χ3n) is 10.2. The summed E-state index contributed by atoms with van der Waals surface area (Å²) in [5.74, 6) is -0.525. The van der Waals surface area contributed by atoms with E-state index in [1.54, 1.807) is 66.6 Å². The molecule has 1 spiro atoms. The van der Waals surface area contributed by atoms with Crippen LogP contribution in [0.2, 0.25) is 0 Å². The molecular formula is C39H35FN5O5S2-. The molecule has 2 amide bonds. The van der Waals surface area contributed by atoms with Gasteiger partial charge in [-0.15, -0.1) is 11.3 Å². The molecule has 0 radical (unpaired) electrons. The molecule has 0 aliphatic carbocycles. The van der Waals surface area contributed by atoms with E-state index in [1.807, 2.05) is 30.3 Å². The van der Waals surface area contributed by atoms with Crippen LogP contribution in [0.1, 0.15) is 44.0 Å². The van der Waals surface area contributed by atoms with Crippen LogP contribution in [0.5, 0.6) is 0 Å². The van der Waals surface area contributed by atoms with Crippen molar-refractivity contribution in [3.63, 3.8) is 0 Å². The third kappa shape index (κ3) is 6.27. The Morgan fingerprint density at radius 1 is 1.02 bits per heavy atom. The first-order valence-electron chi connectivity index (χ1n) is 17.1. The SMILES string of the molecule is Cc1cccc(F)c1NC(=O)c1cc2c(s1)-c1ccccc1N(C(=O)c1ccc(N(c3cccnc3N3CC4(CCOCC4)C3)S(=O)[O-])cc1)CC2. The van der Waals surface area contributed by atoms with Gasteiger partial charge in [-0.1, -0.05) is 30.3 Å². The Bertz CT molecular complexity index is 2180. The van der Waals surface area contributed by atoms with Gasteiger partial charge in [-0.2, -0.15) is 0 Å². The fourth-order valence-corrected chi connectivity index (χ4v) is 9.15. The summed E-state index contributed by atoms with van der Waals surface area (Å²) in [6.45, 7) is 5.15. The minimum absolute atomic E-state index is 0.157. The number of nitrogens with one attached hydrogen (secondary N) is 1. The summed E-state index contributed by atoms with van der Waals surface area (Å²) in [5.41, 5.74) is 4.63. The van der Waals surface area contributed by atoms with E-state index in [0.29, 0.717) is 51.8 Å². The summed E-state index contributed by atoms with van der Waals surface area (Å²) >= 11 is -1.35. The number of amides is 2. The molecule has 2 saturated heterocycles. The molecule has 52 heavy (non-hydrogen) atoms. The Kier molecular flexibility index (Phi) is 9.12. The van der Waals surface area contributed by atoms with Crippen molar-refractivity contribution in [2.45, 2.75) is 26.2 Å². The Balaban J connectivity index is 1.03. The van der Waals surface area contributed by atoms with Gasteiger partial charge in [-0.25, -0.2) is 9.37 Å². The highest BCUT2D eigenvalue weighted by molar-refractivity contribution is 7.81. The number of para-hydroxylation sites is 2. The zero-order valence-corrected chi connectivity index (χ0v) is 30.0. The number of carbonyl (C=O) groups is 2. The Labute approximate surface area is 307 Å². The van der Waals surface area contributed by atoms with Gasteiger partial charge < -0.3 is 24.4 Å². The Morgan fingerprint density at radius 3 is 2.54 bits per heavy atom. The molecule has 8 rings (SSSR count). The van der Waals surface area contributed by atoms with Crippen LogP contribution in [-0.4, -0.2) is 58.4 Å². The molecule has 3 aliphatic heterocycles. The maximum absolute atomic E-state index is 14.5. The second kappa shape index (κ2) is 13.9. The van der Waals surface area contributed by atoms with E-state index < -0.39 is 23.0 Å². The predicted molar refractivity (Wildman–Crippen MR) is 201 cm³/mol. The smallest absolute Gasteiger partial charge is 0.265 e. The van der Waals surface area contributed by atoms with E-state index in [2.05, 4.69) is 15.2 Å². The molecule has 3 aromatic carbocycles. The lowest BCUT2D eigenvalue weighted by Gasteiger charge is -2.53. The lowest BCUT2D eigenvalue weighted by Crippen LogP contribution is -2.59. The summed E-state index contributed by atoms with van der Waals surface area (Å²) in [5, 5.41) is 2.73. The first-order valence-corrected chi connectivity index (χ1v) is 18.9. The van der Waals surface area contributed by atoms with E-state index in [-0.39, 0.29) is 17.0 Å². The first-order chi connectivity index (χ1) is 25.2. The van der Waals surface area contributed by atoms with Crippen LogP contribution in [-0.2, 0) is 22.4 Å². The highest BCUT2D eigenvalue weighted by atomic mass is 32.2. The summed E-state index contributed by atoms with van der Waals surface area (Å²) in [6, 6.07) is 24.1. The number of pyridine rings is 1. The highest BCUT2D eigenvalue weighted by Crippen LogP contribution is 2.46. The number of thiophene rings is 1. The topological polar surface area (TPSA) is 118 Å². The lowest BCUT2D eigenvalue weighted by atomic mass is 9.73. The monoisotopic (exact) mass is 736 g/mol. The summed E-state index contributed by atoms with van der Waals surface area (Å²) in [4.78, 5) is 37.1. The van der Waals surface area contributed by atoms with Crippen LogP contribution in [0.3, 0.4) is 0 Å². The van der Waals surface area contributed by atoms with Crippen LogP contribution in [0.15, 0.2) is 91.1 Å². The average Bonchev–Trinajstić information content (AvgIpc) is 3.51. The van der Waals surface area contributed by atoms with E-state index in [9.17, 15) is 22.7 Å².